The maximum Gasteiger partial charge on any atom is 0.257 e. The van der Waals surface area contributed by atoms with Gasteiger partial charge in [0.05, 0.1) is 5.56 Å². The van der Waals surface area contributed by atoms with Gasteiger partial charge in [-0.2, -0.15) is 0 Å². The second-order valence-electron chi connectivity index (χ2n) is 3.95. The van der Waals surface area contributed by atoms with Gasteiger partial charge in [0.2, 0.25) is 0 Å². The number of aromatic hydroxyl groups is 2. The number of benzene rings is 2. The summed E-state index contributed by atoms with van der Waals surface area (Å²) in [5.74, 6) is -0.925. The van der Waals surface area contributed by atoms with E-state index in [4.69, 9.17) is 0 Å². The summed E-state index contributed by atoms with van der Waals surface area (Å²) in [6.07, 6.45) is -1.35. The van der Waals surface area contributed by atoms with Crippen LogP contribution in [0.4, 0.5) is 0 Å². The average molecular weight is 259 g/mol. The fourth-order valence-corrected chi connectivity index (χ4v) is 1.66. The van der Waals surface area contributed by atoms with E-state index in [1.165, 1.54) is 24.3 Å². The minimum absolute atomic E-state index is 0.0528. The molecule has 0 aliphatic rings. The molecule has 4 N–H and O–H groups in total. The highest BCUT2D eigenvalue weighted by Crippen LogP contribution is 2.23. The van der Waals surface area contributed by atoms with Gasteiger partial charge in [-0.1, -0.05) is 30.3 Å². The van der Waals surface area contributed by atoms with Gasteiger partial charge in [-0.15, -0.1) is 0 Å². The van der Waals surface area contributed by atoms with Crippen LogP contribution in [0.2, 0.25) is 0 Å². The molecular weight excluding hydrogens is 246 g/mol. The smallest absolute Gasteiger partial charge is 0.257 e. The molecule has 0 aromatic heterocycles. The number of hydrogen-bond donors (Lipinski definition) is 4. The predicted molar refractivity (Wildman–Crippen MR) is 68.6 cm³/mol. The maximum atomic E-state index is 11.8. The van der Waals surface area contributed by atoms with Gasteiger partial charge < -0.3 is 20.6 Å². The van der Waals surface area contributed by atoms with E-state index < -0.39 is 12.1 Å². The zero-order valence-corrected chi connectivity index (χ0v) is 9.95. The zero-order valence-electron chi connectivity index (χ0n) is 9.95. The third-order valence-corrected chi connectivity index (χ3v) is 2.65. The molecule has 2 aromatic rings. The molecule has 2 rings (SSSR count). The van der Waals surface area contributed by atoms with Crippen LogP contribution in [0, 0.1) is 0 Å². The van der Waals surface area contributed by atoms with E-state index in [0.717, 1.165) is 0 Å². The zero-order chi connectivity index (χ0) is 13.8. The van der Waals surface area contributed by atoms with E-state index in [9.17, 15) is 20.1 Å². The van der Waals surface area contributed by atoms with E-state index in [1.54, 1.807) is 24.3 Å². The monoisotopic (exact) mass is 259 g/mol. The average Bonchev–Trinajstić information content (AvgIpc) is 2.39. The van der Waals surface area contributed by atoms with E-state index in [0.29, 0.717) is 0 Å². The third-order valence-electron chi connectivity index (χ3n) is 2.65. The molecule has 0 bridgehead atoms. The molecule has 0 saturated heterocycles. The van der Waals surface area contributed by atoms with Crippen LogP contribution in [0.1, 0.15) is 22.1 Å². The van der Waals surface area contributed by atoms with Crippen molar-refractivity contribution < 1.29 is 20.1 Å². The van der Waals surface area contributed by atoms with E-state index >= 15 is 0 Å². The number of phenols is 2. The lowest BCUT2D eigenvalue weighted by Gasteiger charge is -2.14. The van der Waals surface area contributed by atoms with Crippen molar-refractivity contribution in [1.29, 1.82) is 0 Å². The number of para-hydroxylation sites is 2. The minimum atomic E-state index is -1.35. The van der Waals surface area contributed by atoms with Crippen LogP contribution < -0.4 is 5.32 Å². The highest BCUT2D eigenvalue weighted by Gasteiger charge is 2.17. The molecule has 5 nitrogen and oxygen atoms in total. The lowest BCUT2D eigenvalue weighted by atomic mass is 10.1. The number of nitrogens with one attached hydrogen (secondary N) is 1. The molecule has 0 saturated carbocycles. The largest absolute Gasteiger partial charge is 0.507 e. The standard InChI is InChI=1S/C14H13NO4/c16-11-7-3-1-5-9(11)13(18)15-14(19)10-6-2-4-8-12(10)17/h1-8,13,16-18H,(H,15,19). The molecule has 0 aliphatic heterocycles. The maximum absolute atomic E-state index is 11.8. The van der Waals surface area contributed by atoms with Crippen molar-refractivity contribution in [2.24, 2.45) is 0 Å². The van der Waals surface area contributed by atoms with E-state index in [2.05, 4.69) is 5.32 Å². The van der Waals surface area contributed by atoms with Crippen LogP contribution >= 0.6 is 0 Å². The van der Waals surface area contributed by atoms with Gasteiger partial charge in [-0.05, 0) is 18.2 Å². The normalized spacial score (nSPS) is 11.8. The summed E-state index contributed by atoms with van der Waals surface area (Å²) in [6, 6.07) is 12.1. The number of rotatable bonds is 3. The Kier molecular flexibility index (Phi) is 3.68. The topological polar surface area (TPSA) is 89.8 Å². The Morgan fingerprint density at radius 1 is 0.947 bits per heavy atom. The summed E-state index contributed by atoms with van der Waals surface area (Å²) >= 11 is 0. The molecule has 0 fully saturated rings. The molecule has 1 unspecified atom stereocenters. The number of phenolic OH excluding ortho intramolecular Hbond substituents is 2. The molecule has 1 atom stereocenters. The lowest BCUT2D eigenvalue weighted by molar-refractivity contribution is 0.0776. The van der Waals surface area contributed by atoms with Crippen molar-refractivity contribution in [3.63, 3.8) is 0 Å². The molecule has 0 heterocycles. The van der Waals surface area contributed by atoms with Gasteiger partial charge in [0, 0.05) is 5.56 Å². The van der Waals surface area contributed by atoms with Gasteiger partial charge in [0.25, 0.3) is 5.91 Å². The van der Waals surface area contributed by atoms with Gasteiger partial charge in [-0.3, -0.25) is 4.79 Å². The molecule has 98 valence electrons. The van der Waals surface area contributed by atoms with Crippen LogP contribution in [-0.2, 0) is 0 Å². The van der Waals surface area contributed by atoms with Gasteiger partial charge >= 0.3 is 0 Å². The Balaban J connectivity index is 2.16. The van der Waals surface area contributed by atoms with Crippen LogP contribution in [-0.4, -0.2) is 21.2 Å². The first-order valence-corrected chi connectivity index (χ1v) is 5.64. The second kappa shape index (κ2) is 5.41. The van der Waals surface area contributed by atoms with Crippen LogP contribution in [0.25, 0.3) is 0 Å². The fraction of sp³-hybridized carbons (Fsp3) is 0.0714. The first-order chi connectivity index (χ1) is 9.09. The second-order valence-corrected chi connectivity index (χ2v) is 3.95. The van der Waals surface area contributed by atoms with E-state index in [-0.39, 0.29) is 22.6 Å². The first-order valence-electron chi connectivity index (χ1n) is 5.64. The van der Waals surface area contributed by atoms with Crippen molar-refractivity contribution in [2.75, 3.05) is 0 Å². The highest BCUT2D eigenvalue weighted by molar-refractivity contribution is 5.96. The van der Waals surface area contributed by atoms with Crippen molar-refractivity contribution in [3.8, 4) is 11.5 Å². The molecule has 5 heteroatoms. The van der Waals surface area contributed by atoms with Crippen LogP contribution in [0.3, 0.4) is 0 Å². The molecule has 2 aromatic carbocycles. The van der Waals surface area contributed by atoms with Gasteiger partial charge in [-0.25, -0.2) is 0 Å². The first kappa shape index (κ1) is 12.9. The Bertz CT molecular complexity index is 598. The molecule has 19 heavy (non-hydrogen) atoms. The third kappa shape index (κ3) is 2.83. The lowest BCUT2D eigenvalue weighted by Crippen LogP contribution is -2.28. The predicted octanol–water partition coefficient (Wildman–Crippen LogP) is 1.52. The number of hydrogen-bond acceptors (Lipinski definition) is 4. The Morgan fingerprint density at radius 3 is 2.16 bits per heavy atom. The summed E-state index contributed by atoms with van der Waals surface area (Å²) in [6.45, 7) is 0. The molecule has 0 spiro atoms. The summed E-state index contributed by atoms with van der Waals surface area (Å²) in [4.78, 5) is 11.8. The fourth-order valence-electron chi connectivity index (χ4n) is 1.66. The van der Waals surface area contributed by atoms with Crippen LogP contribution in [0.5, 0.6) is 11.5 Å². The van der Waals surface area contributed by atoms with Crippen molar-refractivity contribution in [1.82, 2.24) is 5.32 Å². The summed E-state index contributed by atoms with van der Waals surface area (Å²) in [7, 11) is 0. The van der Waals surface area contributed by atoms with Crippen LogP contribution in [0.15, 0.2) is 48.5 Å². The van der Waals surface area contributed by atoms with Gasteiger partial charge in [0.15, 0.2) is 6.23 Å². The summed E-state index contributed by atoms with van der Waals surface area (Å²) in [5, 5.41) is 31.2. The Hall–Kier alpha value is -2.53. The highest BCUT2D eigenvalue weighted by atomic mass is 16.3. The van der Waals surface area contributed by atoms with Crippen molar-refractivity contribution in [2.45, 2.75) is 6.23 Å². The number of amides is 1. The van der Waals surface area contributed by atoms with Crippen molar-refractivity contribution >= 4 is 5.91 Å². The number of carbonyl (C=O) groups excluding carboxylic acids is 1. The Labute approximate surface area is 109 Å². The molecule has 1 amide bonds. The van der Waals surface area contributed by atoms with Crippen molar-refractivity contribution in [3.05, 3.63) is 59.7 Å². The van der Waals surface area contributed by atoms with Gasteiger partial charge in [0.1, 0.15) is 11.5 Å². The number of aliphatic hydroxyl groups is 1. The van der Waals surface area contributed by atoms with E-state index in [1.807, 2.05) is 0 Å². The SMILES string of the molecule is O=C(NC(O)c1ccccc1O)c1ccccc1O. The number of carbonyl (C=O) groups is 1. The molecule has 0 aliphatic carbocycles. The Morgan fingerprint density at radius 2 is 1.53 bits per heavy atom. The number of aliphatic hydroxyl groups excluding tert-OH is 1. The minimum Gasteiger partial charge on any atom is -0.507 e. The summed E-state index contributed by atoms with van der Waals surface area (Å²) in [5.41, 5.74) is 0.239. The quantitative estimate of drug-likeness (QED) is 0.629. The summed E-state index contributed by atoms with van der Waals surface area (Å²) < 4.78 is 0. The molecular formula is C14H13NO4. The molecule has 0 radical (unpaired) electrons.